The van der Waals surface area contributed by atoms with Gasteiger partial charge in [0.1, 0.15) is 6.10 Å². The molecule has 4 unspecified atom stereocenters. The summed E-state index contributed by atoms with van der Waals surface area (Å²) in [7, 11) is 0. The minimum absolute atomic E-state index is 0.300. The Kier molecular flexibility index (Phi) is 4.78. The van der Waals surface area contributed by atoms with E-state index in [0.717, 1.165) is 12.8 Å². The summed E-state index contributed by atoms with van der Waals surface area (Å²) in [5, 5.41) is 20.1. The molecule has 2 N–H and O–H groups in total. The van der Waals surface area contributed by atoms with Crippen LogP contribution in [0.25, 0.3) is 0 Å². The van der Waals surface area contributed by atoms with Crippen molar-refractivity contribution in [2.75, 3.05) is 0 Å². The van der Waals surface area contributed by atoms with Gasteiger partial charge in [-0.3, -0.25) is 9.59 Å². The minimum atomic E-state index is -1.85. The number of carbonyl (C=O) groups is 2. The van der Waals surface area contributed by atoms with Crippen molar-refractivity contribution >= 4 is 11.8 Å². The lowest BCUT2D eigenvalue weighted by Crippen LogP contribution is -2.55. The largest absolute Gasteiger partial charge is 0.422 e. The zero-order chi connectivity index (χ0) is 16.3. The molecule has 2 rings (SSSR count). The average molecular weight is 304 g/mol. The van der Waals surface area contributed by atoms with E-state index >= 15 is 0 Å². The number of aliphatic hydroxyl groups excluding tert-OH is 2. The number of carbonyl (C=O) groups excluding carboxylic acids is 2. The lowest BCUT2D eigenvalue weighted by molar-refractivity contribution is -0.161. The number of ether oxygens (including phenoxy) is 1. The molecule has 5 nitrogen and oxygen atoms in total. The fraction of sp³-hybridized carbons (Fsp3) is 0.412. The number of ketones is 1. The zero-order valence-corrected chi connectivity index (χ0v) is 12.4. The average Bonchev–Trinajstić information content (AvgIpc) is 2.71. The van der Waals surface area contributed by atoms with Crippen LogP contribution in [0.3, 0.4) is 0 Å². The van der Waals surface area contributed by atoms with Crippen LogP contribution in [-0.2, 0) is 14.3 Å². The molecule has 1 spiro atoms. The van der Waals surface area contributed by atoms with Crippen molar-refractivity contribution in [3.8, 4) is 0 Å². The molecule has 2 aliphatic rings. The summed E-state index contributed by atoms with van der Waals surface area (Å²) < 4.78 is 4.82. The topological polar surface area (TPSA) is 83.8 Å². The predicted octanol–water partition coefficient (Wildman–Crippen LogP) is 1.43. The van der Waals surface area contributed by atoms with Crippen LogP contribution in [0.4, 0.5) is 0 Å². The fourth-order valence-electron chi connectivity index (χ4n) is 2.81. The van der Waals surface area contributed by atoms with Gasteiger partial charge in [-0.05, 0) is 6.42 Å². The molecular weight excluding hydrogens is 284 g/mol. The summed E-state index contributed by atoms with van der Waals surface area (Å²) in [5.74, 6) is -2.55. The first-order chi connectivity index (χ1) is 10.5. The Balaban J connectivity index is 2.38. The van der Waals surface area contributed by atoms with Crippen LogP contribution in [-0.4, -0.2) is 34.2 Å². The van der Waals surface area contributed by atoms with E-state index in [-0.39, 0.29) is 5.76 Å². The monoisotopic (exact) mass is 304 g/mol. The standard InChI is InChI=1S/C17H20O5/c1-3-4-5-6-7-8-12-9-10-13(18)15(20)17(12)14(19)11(2)22-16(17)21/h5-10,12-13,15,18,20H,2-4H2,1H3. The molecule has 0 radical (unpaired) electrons. The van der Waals surface area contributed by atoms with Gasteiger partial charge in [-0.25, -0.2) is 0 Å². The Morgan fingerprint density at radius 2 is 2.05 bits per heavy atom. The van der Waals surface area contributed by atoms with Gasteiger partial charge < -0.3 is 14.9 Å². The molecule has 0 bridgehead atoms. The van der Waals surface area contributed by atoms with Crippen LogP contribution in [0.1, 0.15) is 19.8 Å². The Morgan fingerprint density at radius 1 is 1.32 bits per heavy atom. The maximum absolute atomic E-state index is 12.4. The second-order valence-corrected chi connectivity index (χ2v) is 5.46. The van der Waals surface area contributed by atoms with Gasteiger partial charge >= 0.3 is 5.97 Å². The number of esters is 1. The highest BCUT2D eigenvalue weighted by molar-refractivity contribution is 6.18. The summed E-state index contributed by atoms with van der Waals surface area (Å²) in [6, 6.07) is 0. The molecule has 22 heavy (non-hydrogen) atoms. The van der Waals surface area contributed by atoms with E-state index in [4.69, 9.17) is 4.74 Å². The molecule has 0 saturated carbocycles. The van der Waals surface area contributed by atoms with Crippen LogP contribution in [0, 0.1) is 11.3 Å². The van der Waals surface area contributed by atoms with Gasteiger partial charge in [0.25, 0.3) is 0 Å². The van der Waals surface area contributed by atoms with Gasteiger partial charge in [0.15, 0.2) is 11.2 Å². The number of unbranched alkanes of at least 4 members (excludes halogenated alkanes) is 1. The maximum Gasteiger partial charge on any atom is 0.329 e. The fourth-order valence-corrected chi connectivity index (χ4v) is 2.81. The number of hydrogen-bond acceptors (Lipinski definition) is 5. The van der Waals surface area contributed by atoms with E-state index in [1.165, 1.54) is 6.08 Å². The van der Waals surface area contributed by atoms with Gasteiger partial charge in [-0.15, -0.1) is 0 Å². The highest BCUT2D eigenvalue weighted by atomic mass is 16.6. The minimum Gasteiger partial charge on any atom is -0.422 e. The van der Waals surface area contributed by atoms with E-state index in [2.05, 4.69) is 13.5 Å². The van der Waals surface area contributed by atoms with Gasteiger partial charge in [-0.2, -0.15) is 0 Å². The molecule has 0 aromatic rings. The molecular formula is C17H20O5. The van der Waals surface area contributed by atoms with E-state index < -0.39 is 35.3 Å². The Hall–Kier alpha value is -1.98. The third kappa shape index (κ3) is 2.46. The number of allylic oxidation sites excluding steroid dienone is 6. The molecule has 1 aliphatic carbocycles. The van der Waals surface area contributed by atoms with E-state index in [0.29, 0.717) is 0 Å². The molecule has 4 atom stereocenters. The lowest BCUT2D eigenvalue weighted by Gasteiger charge is -2.37. The SMILES string of the molecule is C=C1OC(=O)C2(C1=O)C(C=CC=CCCC)C=CC(O)C2O. The van der Waals surface area contributed by atoms with Gasteiger partial charge in [-0.1, -0.05) is 56.4 Å². The summed E-state index contributed by atoms with van der Waals surface area (Å²) in [4.78, 5) is 24.6. The molecule has 0 amide bonds. The molecule has 1 fully saturated rings. The van der Waals surface area contributed by atoms with E-state index in [1.807, 2.05) is 12.2 Å². The van der Waals surface area contributed by atoms with Crippen molar-refractivity contribution in [2.45, 2.75) is 32.0 Å². The third-order valence-electron chi connectivity index (χ3n) is 4.04. The number of hydrogen-bond donors (Lipinski definition) is 2. The summed E-state index contributed by atoms with van der Waals surface area (Å²) >= 11 is 0. The molecule has 1 heterocycles. The predicted molar refractivity (Wildman–Crippen MR) is 80.5 cm³/mol. The Morgan fingerprint density at radius 3 is 2.64 bits per heavy atom. The molecule has 118 valence electrons. The van der Waals surface area contributed by atoms with Crippen molar-refractivity contribution in [3.63, 3.8) is 0 Å². The second-order valence-electron chi connectivity index (χ2n) is 5.46. The van der Waals surface area contributed by atoms with Crippen molar-refractivity contribution in [2.24, 2.45) is 11.3 Å². The normalized spacial score (nSPS) is 35.2. The highest BCUT2D eigenvalue weighted by Crippen LogP contribution is 2.46. The van der Waals surface area contributed by atoms with Crippen LogP contribution < -0.4 is 0 Å². The molecule has 1 aliphatic heterocycles. The molecule has 5 heteroatoms. The first-order valence-corrected chi connectivity index (χ1v) is 7.30. The lowest BCUT2D eigenvalue weighted by atomic mass is 9.64. The van der Waals surface area contributed by atoms with Crippen LogP contribution in [0.15, 0.2) is 48.8 Å². The Bertz CT molecular complexity index is 572. The zero-order valence-electron chi connectivity index (χ0n) is 12.4. The van der Waals surface area contributed by atoms with Crippen molar-refractivity contribution in [1.29, 1.82) is 0 Å². The highest BCUT2D eigenvalue weighted by Gasteiger charge is 2.65. The first kappa shape index (κ1) is 16.4. The molecule has 0 aromatic carbocycles. The van der Waals surface area contributed by atoms with Crippen molar-refractivity contribution < 1.29 is 24.5 Å². The first-order valence-electron chi connectivity index (χ1n) is 7.30. The van der Waals surface area contributed by atoms with Crippen LogP contribution in [0.2, 0.25) is 0 Å². The van der Waals surface area contributed by atoms with Crippen LogP contribution >= 0.6 is 0 Å². The van der Waals surface area contributed by atoms with Gasteiger partial charge in [0.2, 0.25) is 5.78 Å². The van der Waals surface area contributed by atoms with Crippen LogP contribution in [0.5, 0.6) is 0 Å². The maximum atomic E-state index is 12.4. The van der Waals surface area contributed by atoms with Gasteiger partial charge in [0, 0.05) is 5.92 Å². The third-order valence-corrected chi connectivity index (χ3v) is 4.04. The van der Waals surface area contributed by atoms with E-state index in [1.54, 1.807) is 18.2 Å². The summed E-state index contributed by atoms with van der Waals surface area (Å²) in [6.45, 7) is 5.46. The summed E-state index contributed by atoms with van der Waals surface area (Å²) in [6.07, 6.45) is 9.16. The quantitative estimate of drug-likeness (QED) is 0.270. The summed E-state index contributed by atoms with van der Waals surface area (Å²) in [5.41, 5.74) is -1.85. The Labute approximate surface area is 129 Å². The van der Waals surface area contributed by atoms with Crippen molar-refractivity contribution in [1.82, 2.24) is 0 Å². The molecule has 0 aromatic heterocycles. The molecule has 1 saturated heterocycles. The van der Waals surface area contributed by atoms with Crippen molar-refractivity contribution in [3.05, 3.63) is 48.8 Å². The number of Topliss-reactive ketones (excluding diaryl/α,β-unsaturated/α-hetero) is 1. The smallest absolute Gasteiger partial charge is 0.329 e. The number of aliphatic hydroxyl groups is 2. The number of cyclic esters (lactones) is 1. The second kappa shape index (κ2) is 6.42. The van der Waals surface area contributed by atoms with Gasteiger partial charge in [0.05, 0.1) is 6.10 Å². The van der Waals surface area contributed by atoms with E-state index in [9.17, 15) is 19.8 Å². The number of rotatable bonds is 4.